The van der Waals surface area contributed by atoms with Crippen LogP contribution >= 0.6 is 15.9 Å². The first kappa shape index (κ1) is 14.9. The Bertz CT molecular complexity index is 398. The molecular weight excluding hydrogens is 300 g/mol. The number of unbranched alkanes of at least 4 members (excludes halogenated alkanes) is 1. The Morgan fingerprint density at radius 2 is 1.79 bits per heavy atom. The Morgan fingerprint density at radius 3 is 2.47 bits per heavy atom. The molecule has 106 valence electrons. The molecule has 0 bridgehead atoms. The van der Waals surface area contributed by atoms with Gasteiger partial charge in [-0.15, -0.1) is 0 Å². The molecule has 1 aliphatic rings. The van der Waals surface area contributed by atoms with Crippen molar-refractivity contribution in [2.24, 2.45) is 0 Å². The Balaban J connectivity index is 1.87. The quantitative estimate of drug-likeness (QED) is 0.603. The minimum absolute atomic E-state index is 1.13. The van der Waals surface area contributed by atoms with Gasteiger partial charge in [0.05, 0.1) is 0 Å². The van der Waals surface area contributed by atoms with Gasteiger partial charge in [0.2, 0.25) is 0 Å². The number of rotatable bonds is 5. The highest BCUT2D eigenvalue weighted by molar-refractivity contribution is 9.09. The number of aryl methyl sites for hydroxylation is 1. The summed E-state index contributed by atoms with van der Waals surface area (Å²) in [6, 6.07) is 6.65. The second-order valence-corrected chi connectivity index (χ2v) is 6.24. The summed E-state index contributed by atoms with van der Waals surface area (Å²) in [6.07, 6.45) is 2.60. The zero-order valence-electron chi connectivity index (χ0n) is 12.2. The maximum atomic E-state index is 3.50. The van der Waals surface area contributed by atoms with E-state index >= 15 is 0 Å². The van der Waals surface area contributed by atoms with Gasteiger partial charge in [0.15, 0.2) is 0 Å². The third-order valence-corrected chi connectivity index (χ3v) is 4.71. The molecule has 1 aromatic carbocycles. The SMILES string of the molecule is Cc1cccc(N2CCN(CCCCBr)CC2)c1C. The standard InChI is InChI=1S/C16H25BrN2/c1-14-6-5-7-16(15(14)2)19-12-10-18(11-13-19)9-4-3-8-17/h5-7H,3-4,8-13H2,1-2H3. The lowest BCUT2D eigenvalue weighted by molar-refractivity contribution is 0.254. The van der Waals surface area contributed by atoms with E-state index < -0.39 is 0 Å². The van der Waals surface area contributed by atoms with Crippen molar-refractivity contribution in [3.05, 3.63) is 29.3 Å². The van der Waals surface area contributed by atoms with E-state index in [2.05, 4.69) is 57.8 Å². The van der Waals surface area contributed by atoms with Gasteiger partial charge in [-0.2, -0.15) is 0 Å². The van der Waals surface area contributed by atoms with Crippen LogP contribution in [0.2, 0.25) is 0 Å². The molecule has 0 saturated carbocycles. The van der Waals surface area contributed by atoms with Gasteiger partial charge in [-0.3, -0.25) is 4.90 Å². The number of anilines is 1. The molecule has 2 nitrogen and oxygen atoms in total. The fraction of sp³-hybridized carbons (Fsp3) is 0.625. The van der Waals surface area contributed by atoms with Crippen molar-refractivity contribution < 1.29 is 0 Å². The van der Waals surface area contributed by atoms with E-state index in [1.807, 2.05) is 0 Å². The van der Waals surface area contributed by atoms with Crippen LogP contribution in [0.3, 0.4) is 0 Å². The molecule has 0 unspecified atom stereocenters. The van der Waals surface area contributed by atoms with Gasteiger partial charge in [0.25, 0.3) is 0 Å². The van der Waals surface area contributed by atoms with Crippen LogP contribution in [0.1, 0.15) is 24.0 Å². The lowest BCUT2D eigenvalue weighted by atomic mass is 10.1. The normalized spacial score (nSPS) is 16.9. The fourth-order valence-corrected chi connectivity index (χ4v) is 3.12. The Morgan fingerprint density at radius 1 is 1.05 bits per heavy atom. The lowest BCUT2D eigenvalue weighted by Crippen LogP contribution is -2.46. The van der Waals surface area contributed by atoms with Crippen LogP contribution in [-0.4, -0.2) is 43.0 Å². The molecule has 0 amide bonds. The number of halogens is 1. The summed E-state index contributed by atoms with van der Waals surface area (Å²) in [5.74, 6) is 0. The molecule has 1 aromatic rings. The highest BCUT2D eigenvalue weighted by atomic mass is 79.9. The highest BCUT2D eigenvalue weighted by Gasteiger charge is 2.18. The van der Waals surface area contributed by atoms with Gasteiger partial charge in [0, 0.05) is 37.2 Å². The second kappa shape index (κ2) is 7.30. The van der Waals surface area contributed by atoms with Crippen molar-refractivity contribution in [3.8, 4) is 0 Å². The van der Waals surface area contributed by atoms with Crippen LogP contribution in [0.4, 0.5) is 5.69 Å². The van der Waals surface area contributed by atoms with Gasteiger partial charge < -0.3 is 4.90 Å². The molecule has 0 atom stereocenters. The molecular formula is C16H25BrN2. The van der Waals surface area contributed by atoms with Crippen molar-refractivity contribution in [1.29, 1.82) is 0 Å². The molecule has 1 aliphatic heterocycles. The van der Waals surface area contributed by atoms with Gasteiger partial charge >= 0.3 is 0 Å². The fourth-order valence-electron chi connectivity index (χ4n) is 2.72. The topological polar surface area (TPSA) is 6.48 Å². The molecule has 1 fully saturated rings. The molecule has 2 rings (SSSR count). The summed E-state index contributed by atoms with van der Waals surface area (Å²) in [5, 5.41) is 1.13. The number of nitrogens with zero attached hydrogens (tertiary/aromatic N) is 2. The summed E-state index contributed by atoms with van der Waals surface area (Å²) < 4.78 is 0. The molecule has 19 heavy (non-hydrogen) atoms. The van der Waals surface area contributed by atoms with Crippen LogP contribution in [0.25, 0.3) is 0 Å². The lowest BCUT2D eigenvalue weighted by Gasteiger charge is -2.37. The van der Waals surface area contributed by atoms with Gasteiger partial charge in [0.1, 0.15) is 0 Å². The molecule has 1 heterocycles. The average molecular weight is 325 g/mol. The number of hydrogen-bond acceptors (Lipinski definition) is 2. The summed E-state index contributed by atoms with van der Waals surface area (Å²) in [4.78, 5) is 5.15. The largest absolute Gasteiger partial charge is 0.369 e. The van der Waals surface area contributed by atoms with Crippen molar-refractivity contribution in [3.63, 3.8) is 0 Å². The van der Waals surface area contributed by atoms with Gasteiger partial charge in [-0.1, -0.05) is 28.1 Å². The van der Waals surface area contributed by atoms with E-state index in [1.165, 1.54) is 62.4 Å². The van der Waals surface area contributed by atoms with Crippen LogP contribution in [0, 0.1) is 13.8 Å². The van der Waals surface area contributed by atoms with E-state index in [4.69, 9.17) is 0 Å². The second-order valence-electron chi connectivity index (χ2n) is 5.44. The average Bonchev–Trinajstić information content (AvgIpc) is 2.43. The first-order valence-electron chi connectivity index (χ1n) is 7.32. The van der Waals surface area contributed by atoms with Crippen molar-refractivity contribution in [2.45, 2.75) is 26.7 Å². The Kier molecular flexibility index (Phi) is 5.71. The predicted molar refractivity (Wildman–Crippen MR) is 87.6 cm³/mol. The molecule has 0 N–H and O–H groups in total. The van der Waals surface area contributed by atoms with Crippen LogP contribution in [-0.2, 0) is 0 Å². The van der Waals surface area contributed by atoms with Crippen molar-refractivity contribution in [2.75, 3.05) is 43.0 Å². The van der Waals surface area contributed by atoms with Crippen molar-refractivity contribution in [1.82, 2.24) is 4.90 Å². The number of hydrogen-bond donors (Lipinski definition) is 0. The number of alkyl halides is 1. The Hall–Kier alpha value is -0.540. The smallest absolute Gasteiger partial charge is 0.0399 e. The zero-order chi connectivity index (χ0) is 13.7. The van der Waals surface area contributed by atoms with E-state index in [9.17, 15) is 0 Å². The highest BCUT2D eigenvalue weighted by Crippen LogP contribution is 2.23. The van der Waals surface area contributed by atoms with E-state index in [-0.39, 0.29) is 0 Å². The molecule has 0 spiro atoms. The number of piperazine rings is 1. The van der Waals surface area contributed by atoms with E-state index in [0.29, 0.717) is 0 Å². The predicted octanol–water partition coefficient (Wildman–Crippen LogP) is 3.60. The van der Waals surface area contributed by atoms with Gasteiger partial charge in [-0.05, 0) is 50.4 Å². The minimum Gasteiger partial charge on any atom is -0.369 e. The Labute approximate surface area is 125 Å². The first-order chi connectivity index (χ1) is 9.22. The molecule has 0 aromatic heterocycles. The third-order valence-electron chi connectivity index (χ3n) is 4.15. The first-order valence-corrected chi connectivity index (χ1v) is 8.44. The van der Waals surface area contributed by atoms with Gasteiger partial charge in [-0.25, -0.2) is 0 Å². The minimum atomic E-state index is 1.13. The number of benzene rings is 1. The molecule has 0 radical (unpaired) electrons. The molecule has 3 heteroatoms. The summed E-state index contributed by atoms with van der Waals surface area (Å²) in [7, 11) is 0. The summed E-state index contributed by atoms with van der Waals surface area (Å²) in [5.41, 5.74) is 4.27. The molecule has 1 saturated heterocycles. The summed E-state index contributed by atoms with van der Waals surface area (Å²) >= 11 is 3.50. The van der Waals surface area contributed by atoms with Crippen LogP contribution in [0.5, 0.6) is 0 Å². The zero-order valence-corrected chi connectivity index (χ0v) is 13.7. The summed E-state index contributed by atoms with van der Waals surface area (Å²) in [6.45, 7) is 10.4. The van der Waals surface area contributed by atoms with E-state index in [0.717, 1.165) is 5.33 Å². The molecule has 0 aliphatic carbocycles. The van der Waals surface area contributed by atoms with Crippen molar-refractivity contribution >= 4 is 21.6 Å². The maximum absolute atomic E-state index is 3.50. The van der Waals surface area contributed by atoms with Crippen LogP contribution < -0.4 is 4.90 Å². The van der Waals surface area contributed by atoms with E-state index in [1.54, 1.807) is 0 Å². The monoisotopic (exact) mass is 324 g/mol. The maximum Gasteiger partial charge on any atom is 0.0399 e. The van der Waals surface area contributed by atoms with Crippen LogP contribution in [0.15, 0.2) is 18.2 Å². The third kappa shape index (κ3) is 3.96.